The zero-order chi connectivity index (χ0) is 12.4. The number of aromatic nitrogens is 2. The summed E-state index contributed by atoms with van der Waals surface area (Å²) in [7, 11) is 1.94. The van der Waals surface area contributed by atoms with E-state index in [2.05, 4.69) is 10.4 Å². The highest BCUT2D eigenvalue weighted by Crippen LogP contribution is 2.24. The summed E-state index contributed by atoms with van der Waals surface area (Å²) in [6.45, 7) is 4.64. The van der Waals surface area contributed by atoms with Crippen LogP contribution in [-0.4, -0.2) is 15.7 Å². The van der Waals surface area contributed by atoms with Crippen molar-refractivity contribution >= 4 is 5.91 Å². The summed E-state index contributed by atoms with van der Waals surface area (Å²) in [4.78, 5) is 11.9. The third-order valence-electron chi connectivity index (χ3n) is 3.82. The smallest absolute Gasteiger partial charge is 0.223 e. The van der Waals surface area contributed by atoms with Gasteiger partial charge in [-0.05, 0) is 26.7 Å². The van der Waals surface area contributed by atoms with Crippen LogP contribution in [0.4, 0.5) is 0 Å². The van der Waals surface area contributed by atoms with Gasteiger partial charge in [0.1, 0.15) is 0 Å². The highest BCUT2D eigenvalue weighted by Gasteiger charge is 2.22. The molecule has 0 saturated heterocycles. The van der Waals surface area contributed by atoms with Gasteiger partial charge in [-0.1, -0.05) is 12.8 Å². The minimum Gasteiger partial charge on any atom is -0.352 e. The first-order valence-electron chi connectivity index (χ1n) is 6.36. The van der Waals surface area contributed by atoms with Crippen molar-refractivity contribution in [1.82, 2.24) is 15.1 Å². The number of carbonyl (C=O) groups excluding carboxylic acids is 1. The SMILES string of the molecule is Cc1nn(C)c(C)c1CNC(=O)C1CCCC1. The Morgan fingerprint density at radius 3 is 2.59 bits per heavy atom. The number of nitrogens with zero attached hydrogens (tertiary/aromatic N) is 2. The summed E-state index contributed by atoms with van der Waals surface area (Å²) >= 11 is 0. The molecule has 1 amide bonds. The molecule has 1 N–H and O–H groups in total. The number of amides is 1. The Morgan fingerprint density at radius 1 is 1.41 bits per heavy atom. The maximum atomic E-state index is 11.9. The van der Waals surface area contributed by atoms with Crippen molar-refractivity contribution < 1.29 is 4.79 Å². The Labute approximate surface area is 102 Å². The molecule has 0 radical (unpaired) electrons. The van der Waals surface area contributed by atoms with Crippen molar-refractivity contribution in [3.63, 3.8) is 0 Å². The molecule has 4 heteroatoms. The van der Waals surface area contributed by atoms with Crippen molar-refractivity contribution in [2.24, 2.45) is 13.0 Å². The van der Waals surface area contributed by atoms with E-state index in [-0.39, 0.29) is 11.8 Å². The molecular formula is C13H21N3O. The molecule has 1 heterocycles. The molecule has 1 aliphatic rings. The van der Waals surface area contributed by atoms with E-state index >= 15 is 0 Å². The number of nitrogens with one attached hydrogen (secondary N) is 1. The number of carbonyl (C=O) groups is 1. The topological polar surface area (TPSA) is 46.9 Å². The zero-order valence-electron chi connectivity index (χ0n) is 10.9. The fourth-order valence-corrected chi connectivity index (χ4v) is 2.58. The van der Waals surface area contributed by atoms with Crippen LogP contribution < -0.4 is 5.32 Å². The van der Waals surface area contributed by atoms with Gasteiger partial charge in [-0.25, -0.2) is 0 Å². The van der Waals surface area contributed by atoms with Gasteiger partial charge in [-0.3, -0.25) is 9.48 Å². The number of rotatable bonds is 3. The lowest BCUT2D eigenvalue weighted by molar-refractivity contribution is -0.124. The summed E-state index contributed by atoms with van der Waals surface area (Å²) in [6, 6.07) is 0. The first-order valence-corrected chi connectivity index (χ1v) is 6.36. The molecule has 0 aliphatic heterocycles. The molecule has 1 aliphatic carbocycles. The van der Waals surface area contributed by atoms with Crippen LogP contribution in [0.1, 0.15) is 42.6 Å². The molecule has 0 aromatic carbocycles. The first kappa shape index (κ1) is 12.1. The molecule has 1 aromatic rings. The maximum absolute atomic E-state index is 11.9. The van der Waals surface area contributed by atoms with Crippen LogP contribution >= 0.6 is 0 Å². The van der Waals surface area contributed by atoms with E-state index in [9.17, 15) is 4.79 Å². The van der Waals surface area contributed by atoms with Gasteiger partial charge in [0.15, 0.2) is 0 Å². The number of aryl methyl sites for hydroxylation is 2. The van der Waals surface area contributed by atoms with Crippen LogP contribution in [0, 0.1) is 19.8 Å². The molecule has 0 unspecified atom stereocenters. The van der Waals surface area contributed by atoms with Crippen molar-refractivity contribution in [1.29, 1.82) is 0 Å². The lowest BCUT2D eigenvalue weighted by Crippen LogP contribution is -2.29. The lowest BCUT2D eigenvalue weighted by atomic mass is 10.1. The van der Waals surface area contributed by atoms with Crippen molar-refractivity contribution in [2.75, 3.05) is 0 Å². The van der Waals surface area contributed by atoms with E-state index in [4.69, 9.17) is 0 Å². The summed E-state index contributed by atoms with van der Waals surface area (Å²) in [5.74, 6) is 0.456. The van der Waals surface area contributed by atoms with Crippen molar-refractivity contribution in [3.8, 4) is 0 Å². The average Bonchev–Trinajstić information content (AvgIpc) is 2.88. The van der Waals surface area contributed by atoms with Gasteiger partial charge in [-0.15, -0.1) is 0 Å². The van der Waals surface area contributed by atoms with Crippen LogP contribution in [0.5, 0.6) is 0 Å². The zero-order valence-corrected chi connectivity index (χ0v) is 10.9. The van der Waals surface area contributed by atoms with Gasteiger partial charge in [0.2, 0.25) is 5.91 Å². The van der Waals surface area contributed by atoms with Crippen LogP contribution in [0.25, 0.3) is 0 Å². The van der Waals surface area contributed by atoms with E-state index < -0.39 is 0 Å². The second-order valence-electron chi connectivity index (χ2n) is 4.97. The van der Waals surface area contributed by atoms with Gasteiger partial charge in [0.25, 0.3) is 0 Å². The molecule has 1 aromatic heterocycles. The molecule has 2 rings (SSSR count). The molecule has 1 saturated carbocycles. The number of hydrogen-bond donors (Lipinski definition) is 1. The predicted molar refractivity (Wildman–Crippen MR) is 66.5 cm³/mol. The highest BCUT2D eigenvalue weighted by atomic mass is 16.1. The van der Waals surface area contributed by atoms with Gasteiger partial charge < -0.3 is 5.32 Å². The van der Waals surface area contributed by atoms with E-state index in [1.807, 2.05) is 25.6 Å². The van der Waals surface area contributed by atoms with Crippen molar-refractivity contribution in [3.05, 3.63) is 17.0 Å². The van der Waals surface area contributed by atoms with E-state index in [0.717, 1.165) is 29.8 Å². The molecule has 0 atom stereocenters. The normalized spacial score (nSPS) is 16.4. The van der Waals surface area contributed by atoms with E-state index in [1.165, 1.54) is 12.8 Å². The van der Waals surface area contributed by atoms with Crippen LogP contribution in [-0.2, 0) is 18.4 Å². The predicted octanol–water partition coefficient (Wildman–Crippen LogP) is 1.84. The van der Waals surface area contributed by atoms with Crippen LogP contribution in [0.3, 0.4) is 0 Å². The fraction of sp³-hybridized carbons (Fsp3) is 0.692. The second-order valence-corrected chi connectivity index (χ2v) is 4.97. The summed E-state index contributed by atoms with van der Waals surface area (Å²) in [6.07, 6.45) is 4.50. The molecular weight excluding hydrogens is 214 g/mol. The van der Waals surface area contributed by atoms with Gasteiger partial charge in [0.05, 0.1) is 5.69 Å². The number of hydrogen-bond acceptors (Lipinski definition) is 2. The fourth-order valence-electron chi connectivity index (χ4n) is 2.58. The Bertz CT molecular complexity index is 417. The van der Waals surface area contributed by atoms with Crippen molar-refractivity contribution in [2.45, 2.75) is 46.1 Å². The van der Waals surface area contributed by atoms with Gasteiger partial charge in [0, 0.05) is 30.8 Å². The summed E-state index contributed by atoms with van der Waals surface area (Å²) < 4.78 is 1.87. The highest BCUT2D eigenvalue weighted by molar-refractivity contribution is 5.78. The monoisotopic (exact) mass is 235 g/mol. The molecule has 0 bridgehead atoms. The molecule has 0 spiro atoms. The van der Waals surface area contributed by atoms with Crippen LogP contribution in [0.2, 0.25) is 0 Å². The molecule has 4 nitrogen and oxygen atoms in total. The Balaban J connectivity index is 1.95. The van der Waals surface area contributed by atoms with E-state index in [1.54, 1.807) is 0 Å². The molecule has 94 valence electrons. The third-order valence-corrected chi connectivity index (χ3v) is 3.82. The molecule has 17 heavy (non-hydrogen) atoms. The summed E-state index contributed by atoms with van der Waals surface area (Å²) in [5, 5.41) is 7.40. The van der Waals surface area contributed by atoms with Gasteiger partial charge >= 0.3 is 0 Å². The summed E-state index contributed by atoms with van der Waals surface area (Å²) in [5.41, 5.74) is 3.30. The minimum absolute atomic E-state index is 0.213. The maximum Gasteiger partial charge on any atom is 0.223 e. The Kier molecular flexibility index (Phi) is 3.50. The third kappa shape index (κ3) is 2.51. The Morgan fingerprint density at radius 2 is 2.06 bits per heavy atom. The molecule has 1 fully saturated rings. The Hall–Kier alpha value is -1.32. The van der Waals surface area contributed by atoms with Gasteiger partial charge in [-0.2, -0.15) is 5.10 Å². The quantitative estimate of drug-likeness (QED) is 0.869. The second kappa shape index (κ2) is 4.90. The minimum atomic E-state index is 0.213. The average molecular weight is 235 g/mol. The largest absolute Gasteiger partial charge is 0.352 e. The van der Waals surface area contributed by atoms with E-state index in [0.29, 0.717) is 6.54 Å². The van der Waals surface area contributed by atoms with Crippen LogP contribution in [0.15, 0.2) is 0 Å². The lowest BCUT2D eigenvalue weighted by Gasteiger charge is -2.10. The standard InChI is InChI=1S/C13H21N3O/c1-9-12(10(2)16(3)15-9)8-14-13(17)11-6-4-5-7-11/h11H,4-8H2,1-3H3,(H,14,17). The first-order chi connectivity index (χ1) is 8.09.